The SMILES string of the molecule is COc1ccccc1NC(=O)N(Cc1ccsc1)CC(F)(F)F. The predicted molar refractivity (Wildman–Crippen MR) is 82.8 cm³/mol. The highest BCUT2D eigenvalue weighted by Crippen LogP contribution is 2.25. The van der Waals surface area contributed by atoms with E-state index in [0.717, 1.165) is 0 Å². The van der Waals surface area contributed by atoms with Crippen LogP contribution >= 0.6 is 11.3 Å². The van der Waals surface area contributed by atoms with Gasteiger partial charge in [-0.15, -0.1) is 0 Å². The largest absolute Gasteiger partial charge is 0.495 e. The van der Waals surface area contributed by atoms with Crippen molar-refractivity contribution in [2.45, 2.75) is 12.7 Å². The molecule has 0 radical (unpaired) electrons. The lowest BCUT2D eigenvalue weighted by Gasteiger charge is -2.24. The molecular formula is C15H15F3N2O2S. The molecule has 2 amide bonds. The van der Waals surface area contributed by atoms with Gasteiger partial charge in [0.25, 0.3) is 0 Å². The number of carbonyl (C=O) groups excluding carboxylic acids is 1. The van der Waals surface area contributed by atoms with E-state index in [1.54, 1.807) is 41.1 Å². The van der Waals surface area contributed by atoms with E-state index in [2.05, 4.69) is 5.32 Å². The molecule has 2 aromatic rings. The summed E-state index contributed by atoms with van der Waals surface area (Å²) in [6, 6.07) is 7.39. The van der Waals surface area contributed by atoms with Gasteiger partial charge in [0.05, 0.1) is 12.8 Å². The molecule has 0 spiro atoms. The fourth-order valence-corrected chi connectivity index (χ4v) is 2.62. The van der Waals surface area contributed by atoms with Gasteiger partial charge in [-0.05, 0) is 34.5 Å². The number of halogens is 3. The van der Waals surface area contributed by atoms with Crippen LogP contribution in [0.25, 0.3) is 0 Å². The lowest BCUT2D eigenvalue weighted by atomic mass is 10.3. The van der Waals surface area contributed by atoms with Crippen molar-refractivity contribution in [2.24, 2.45) is 0 Å². The lowest BCUT2D eigenvalue weighted by molar-refractivity contribution is -0.140. The Morgan fingerprint density at radius 1 is 1.30 bits per heavy atom. The van der Waals surface area contributed by atoms with Gasteiger partial charge < -0.3 is 15.0 Å². The Bertz CT molecular complexity index is 644. The number of hydrogen-bond donors (Lipinski definition) is 1. The molecule has 124 valence electrons. The van der Waals surface area contributed by atoms with Crippen molar-refractivity contribution in [3.63, 3.8) is 0 Å². The van der Waals surface area contributed by atoms with Gasteiger partial charge in [0, 0.05) is 6.54 Å². The Morgan fingerprint density at radius 2 is 2.04 bits per heavy atom. The van der Waals surface area contributed by atoms with Gasteiger partial charge in [-0.2, -0.15) is 24.5 Å². The Hall–Kier alpha value is -2.22. The van der Waals surface area contributed by atoms with Crippen LogP contribution in [-0.4, -0.2) is 30.8 Å². The van der Waals surface area contributed by atoms with Gasteiger partial charge in [-0.25, -0.2) is 4.79 Å². The van der Waals surface area contributed by atoms with Crippen molar-refractivity contribution in [3.8, 4) is 5.75 Å². The molecule has 1 aromatic heterocycles. The molecule has 0 saturated heterocycles. The van der Waals surface area contributed by atoms with Crippen molar-refractivity contribution in [1.29, 1.82) is 0 Å². The highest BCUT2D eigenvalue weighted by Gasteiger charge is 2.33. The molecule has 1 aromatic carbocycles. The summed E-state index contributed by atoms with van der Waals surface area (Å²) in [4.78, 5) is 13.0. The summed E-state index contributed by atoms with van der Waals surface area (Å²) in [5, 5.41) is 5.92. The van der Waals surface area contributed by atoms with Crippen LogP contribution in [0.15, 0.2) is 41.1 Å². The van der Waals surface area contributed by atoms with Crippen LogP contribution in [0.4, 0.5) is 23.7 Å². The monoisotopic (exact) mass is 344 g/mol. The normalized spacial score (nSPS) is 11.1. The van der Waals surface area contributed by atoms with Crippen LogP contribution in [0.1, 0.15) is 5.56 Å². The van der Waals surface area contributed by atoms with E-state index in [0.29, 0.717) is 21.9 Å². The van der Waals surface area contributed by atoms with Crippen molar-refractivity contribution in [1.82, 2.24) is 4.90 Å². The number of anilines is 1. The van der Waals surface area contributed by atoms with Crippen LogP contribution < -0.4 is 10.1 Å². The average molecular weight is 344 g/mol. The van der Waals surface area contributed by atoms with Crippen LogP contribution in [0.3, 0.4) is 0 Å². The number of benzene rings is 1. The Kier molecular flexibility index (Phi) is 5.49. The van der Waals surface area contributed by atoms with Gasteiger partial charge in [-0.3, -0.25) is 0 Å². The summed E-state index contributed by atoms with van der Waals surface area (Å²) in [6.45, 7) is -1.45. The summed E-state index contributed by atoms with van der Waals surface area (Å²) < 4.78 is 43.3. The number of nitrogens with zero attached hydrogens (tertiary/aromatic N) is 1. The fourth-order valence-electron chi connectivity index (χ4n) is 1.96. The van der Waals surface area contributed by atoms with Crippen LogP contribution in [0, 0.1) is 0 Å². The number of thiophene rings is 1. The predicted octanol–water partition coefficient (Wildman–Crippen LogP) is 4.35. The van der Waals surface area contributed by atoms with Crippen LogP contribution in [0.2, 0.25) is 0 Å². The van der Waals surface area contributed by atoms with Gasteiger partial charge in [-0.1, -0.05) is 12.1 Å². The van der Waals surface area contributed by atoms with E-state index in [-0.39, 0.29) is 6.54 Å². The van der Waals surface area contributed by atoms with Crippen molar-refractivity contribution < 1.29 is 22.7 Å². The third kappa shape index (κ3) is 5.17. The topological polar surface area (TPSA) is 41.6 Å². The Balaban J connectivity index is 2.15. The maximum Gasteiger partial charge on any atom is 0.406 e. The Labute approximate surface area is 135 Å². The second-order valence-electron chi connectivity index (χ2n) is 4.73. The third-order valence-corrected chi connectivity index (χ3v) is 3.69. The second-order valence-corrected chi connectivity index (χ2v) is 5.51. The number of nitrogens with one attached hydrogen (secondary N) is 1. The van der Waals surface area contributed by atoms with E-state index < -0.39 is 18.8 Å². The molecule has 1 heterocycles. The van der Waals surface area contributed by atoms with Gasteiger partial charge in [0.2, 0.25) is 0 Å². The molecule has 0 bridgehead atoms. The average Bonchev–Trinajstić information content (AvgIpc) is 2.98. The number of hydrogen-bond acceptors (Lipinski definition) is 3. The summed E-state index contributed by atoms with van der Waals surface area (Å²) >= 11 is 1.36. The minimum Gasteiger partial charge on any atom is -0.495 e. The molecule has 0 atom stereocenters. The molecule has 0 fully saturated rings. The quantitative estimate of drug-likeness (QED) is 0.876. The van der Waals surface area contributed by atoms with Crippen molar-refractivity contribution in [2.75, 3.05) is 19.0 Å². The number of rotatable bonds is 5. The van der Waals surface area contributed by atoms with E-state index in [1.807, 2.05) is 0 Å². The molecule has 0 aliphatic carbocycles. The number of para-hydroxylation sites is 2. The number of methoxy groups -OCH3 is 1. The zero-order valence-corrected chi connectivity index (χ0v) is 13.1. The number of urea groups is 1. The first-order valence-corrected chi connectivity index (χ1v) is 7.60. The first-order valence-electron chi connectivity index (χ1n) is 6.66. The smallest absolute Gasteiger partial charge is 0.406 e. The molecule has 0 unspecified atom stereocenters. The van der Waals surface area contributed by atoms with Gasteiger partial charge >= 0.3 is 12.2 Å². The molecule has 0 saturated carbocycles. The molecule has 4 nitrogen and oxygen atoms in total. The van der Waals surface area contributed by atoms with Gasteiger partial charge in [0.1, 0.15) is 12.3 Å². The minimum absolute atomic E-state index is 0.121. The molecule has 8 heteroatoms. The van der Waals surface area contributed by atoms with Crippen LogP contribution in [0.5, 0.6) is 5.75 Å². The standard InChI is InChI=1S/C15H15F3N2O2S/c1-22-13-5-3-2-4-12(13)19-14(21)20(10-15(16,17)18)8-11-6-7-23-9-11/h2-7,9H,8,10H2,1H3,(H,19,21). The first-order chi connectivity index (χ1) is 10.9. The highest BCUT2D eigenvalue weighted by atomic mass is 32.1. The van der Waals surface area contributed by atoms with Crippen LogP contribution in [-0.2, 0) is 6.54 Å². The zero-order valence-electron chi connectivity index (χ0n) is 12.3. The van der Waals surface area contributed by atoms with E-state index >= 15 is 0 Å². The summed E-state index contributed by atoms with van der Waals surface area (Å²) in [7, 11) is 1.42. The third-order valence-electron chi connectivity index (χ3n) is 2.96. The maximum atomic E-state index is 12.7. The lowest BCUT2D eigenvalue weighted by Crippen LogP contribution is -2.41. The minimum atomic E-state index is -4.48. The second kappa shape index (κ2) is 7.36. The molecule has 2 rings (SSSR count). The molecule has 1 N–H and O–H groups in total. The molecule has 0 aliphatic rings. The van der Waals surface area contributed by atoms with Crippen molar-refractivity contribution in [3.05, 3.63) is 46.7 Å². The molecule has 0 aliphatic heterocycles. The molecule has 23 heavy (non-hydrogen) atoms. The molecular weight excluding hydrogens is 329 g/mol. The summed E-state index contributed by atoms with van der Waals surface area (Å²) in [5.74, 6) is 0.378. The number of amides is 2. The van der Waals surface area contributed by atoms with Gasteiger partial charge in [0.15, 0.2) is 0 Å². The van der Waals surface area contributed by atoms with E-state index in [9.17, 15) is 18.0 Å². The zero-order chi connectivity index (χ0) is 16.9. The van der Waals surface area contributed by atoms with Crippen molar-refractivity contribution >= 4 is 23.1 Å². The fraction of sp³-hybridized carbons (Fsp3) is 0.267. The highest BCUT2D eigenvalue weighted by molar-refractivity contribution is 7.07. The summed E-state index contributed by atoms with van der Waals surface area (Å²) in [5.41, 5.74) is 0.965. The van der Waals surface area contributed by atoms with E-state index in [1.165, 1.54) is 18.4 Å². The maximum absolute atomic E-state index is 12.7. The number of ether oxygens (including phenoxy) is 1. The number of carbonyl (C=O) groups is 1. The summed E-state index contributed by atoms with van der Waals surface area (Å²) in [6.07, 6.45) is -4.48. The Morgan fingerprint density at radius 3 is 2.65 bits per heavy atom. The first kappa shape index (κ1) is 17.1. The number of alkyl halides is 3. The van der Waals surface area contributed by atoms with E-state index in [4.69, 9.17) is 4.74 Å².